The Balaban J connectivity index is 2.06. The van der Waals surface area contributed by atoms with Crippen molar-refractivity contribution in [1.82, 2.24) is 14.7 Å². The summed E-state index contributed by atoms with van der Waals surface area (Å²) >= 11 is 0. The normalized spacial score (nSPS) is 17.0. The molecule has 9 heteroatoms. The number of fused-ring (bicyclic) bond motifs is 1. The third kappa shape index (κ3) is 5.14. The third-order valence-corrected chi connectivity index (χ3v) is 6.50. The standard InChI is InChI=1S/C21H30N4O4S/c1-6-29-20(26)15-11-16(14(2)24-30(27)21(3,4)5)19-17(12-15)22-13-18(23-19)25-7-9-28-10-8-25/h11-14,24H,6-10H2,1-5H3/t14?,30-/m0/s1. The van der Waals surface area contributed by atoms with Crippen LogP contribution in [0.2, 0.25) is 0 Å². The van der Waals surface area contributed by atoms with Gasteiger partial charge in [-0.2, -0.15) is 0 Å². The lowest BCUT2D eigenvalue weighted by molar-refractivity contribution is 0.0526. The number of benzene rings is 1. The Morgan fingerprint density at radius 2 is 2.03 bits per heavy atom. The summed E-state index contributed by atoms with van der Waals surface area (Å²) in [6.45, 7) is 12.5. The van der Waals surface area contributed by atoms with Crippen molar-refractivity contribution in [3.63, 3.8) is 0 Å². The van der Waals surface area contributed by atoms with Crippen molar-refractivity contribution in [3.8, 4) is 0 Å². The minimum Gasteiger partial charge on any atom is -0.462 e. The molecule has 0 saturated carbocycles. The second-order valence-electron chi connectivity index (χ2n) is 8.20. The van der Waals surface area contributed by atoms with E-state index >= 15 is 0 Å². The molecule has 0 aliphatic carbocycles. The van der Waals surface area contributed by atoms with Gasteiger partial charge in [-0.05, 0) is 52.3 Å². The average molecular weight is 435 g/mol. The molecule has 1 saturated heterocycles. The first kappa shape index (κ1) is 22.6. The van der Waals surface area contributed by atoms with Gasteiger partial charge in [0.15, 0.2) is 0 Å². The van der Waals surface area contributed by atoms with Gasteiger partial charge in [0, 0.05) is 19.1 Å². The van der Waals surface area contributed by atoms with Crippen LogP contribution < -0.4 is 9.62 Å². The fourth-order valence-electron chi connectivity index (χ4n) is 3.14. The van der Waals surface area contributed by atoms with Gasteiger partial charge in [-0.15, -0.1) is 0 Å². The van der Waals surface area contributed by atoms with E-state index in [4.69, 9.17) is 14.5 Å². The molecule has 1 aromatic carbocycles. The minimum atomic E-state index is -1.28. The summed E-state index contributed by atoms with van der Waals surface area (Å²) in [5, 5.41) is 0. The Morgan fingerprint density at radius 3 is 2.67 bits per heavy atom. The van der Waals surface area contributed by atoms with Crippen LogP contribution in [0, 0.1) is 0 Å². The first-order chi connectivity index (χ1) is 14.2. The highest BCUT2D eigenvalue weighted by atomic mass is 32.2. The van der Waals surface area contributed by atoms with Gasteiger partial charge in [-0.1, -0.05) is 0 Å². The number of carbonyl (C=O) groups is 1. The Morgan fingerprint density at radius 1 is 1.33 bits per heavy atom. The molecule has 1 N–H and O–H groups in total. The lowest BCUT2D eigenvalue weighted by atomic mass is 10.0. The van der Waals surface area contributed by atoms with Gasteiger partial charge in [-0.3, -0.25) is 4.98 Å². The van der Waals surface area contributed by atoms with E-state index in [9.17, 15) is 9.00 Å². The van der Waals surface area contributed by atoms with Crippen LogP contribution in [0.15, 0.2) is 18.3 Å². The van der Waals surface area contributed by atoms with Gasteiger partial charge in [-0.25, -0.2) is 18.7 Å². The van der Waals surface area contributed by atoms with Crippen molar-refractivity contribution in [1.29, 1.82) is 0 Å². The summed E-state index contributed by atoms with van der Waals surface area (Å²) in [5.41, 5.74) is 2.44. The predicted octanol–water partition coefficient (Wildman–Crippen LogP) is 2.76. The number of nitrogens with zero attached hydrogens (tertiary/aromatic N) is 3. The van der Waals surface area contributed by atoms with Crippen molar-refractivity contribution in [2.75, 3.05) is 37.8 Å². The monoisotopic (exact) mass is 434 g/mol. The Hall–Kier alpha value is -2.10. The number of ether oxygens (including phenoxy) is 2. The molecule has 1 aliphatic heterocycles. The number of esters is 1. The van der Waals surface area contributed by atoms with Crippen molar-refractivity contribution in [2.45, 2.75) is 45.4 Å². The number of nitrogens with one attached hydrogen (secondary N) is 1. The molecular formula is C21H30N4O4S. The van der Waals surface area contributed by atoms with Crippen molar-refractivity contribution in [2.24, 2.45) is 0 Å². The van der Waals surface area contributed by atoms with Crippen LogP contribution in [0.4, 0.5) is 5.82 Å². The van der Waals surface area contributed by atoms with Crippen molar-refractivity contribution < 1.29 is 18.5 Å². The van der Waals surface area contributed by atoms with Crippen LogP contribution in [0.25, 0.3) is 11.0 Å². The topological polar surface area (TPSA) is 93.6 Å². The number of anilines is 1. The molecule has 164 valence electrons. The molecule has 2 atom stereocenters. The van der Waals surface area contributed by atoms with Gasteiger partial charge >= 0.3 is 5.97 Å². The van der Waals surface area contributed by atoms with E-state index in [-0.39, 0.29) is 12.6 Å². The molecule has 1 aliphatic rings. The molecule has 8 nitrogen and oxygen atoms in total. The number of hydrogen-bond acceptors (Lipinski definition) is 7. The molecule has 0 radical (unpaired) electrons. The Bertz CT molecular complexity index is 938. The summed E-state index contributed by atoms with van der Waals surface area (Å²) in [6.07, 6.45) is 1.72. The zero-order chi connectivity index (χ0) is 21.9. The molecule has 2 heterocycles. The maximum Gasteiger partial charge on any atom is 0.338 e. The summed E-state index contributed by atoms with van der Waals surface area (Å²) in [7, 11) is -1.28. The first-order valence-electron chi connectivity index (χ1n) is 10.2. The molecule has 0 bridgehead atoms. The number of rotatable bonds is 6. The van der Waals surface area contributed by atoms with E-state index in [1.165, 1.54) is 0 Å². The molecule has 1 aromatic heterocycles. The smallest absolute Gasteiger partial charge is 0.338 e. The van der Waals surface area contributed by atoms with Gasteiger partial charge in [0.2, 0.25) is 0 Å². The van der Waals surface area contributed by atoms with Gasteiger partial charge < -0.3 is 14.4 Å². The summed E-state index contributed by atoms with van der Waals surface area (Å²) in [6, 6.07) is 3.15. The van der Waals surface area contributed by atoms with Gasteiger partial charge in [0.25, 0.3) is 0 Å². The molecule has 30 heavy (non-hydrogen) atoms. The highest BCUT2D eigenvalue weighted by Crippen LogP contribution is 2.27. The largest absolute Gasteiger partial charge is 0.462 e. The van der Waals surface area contributed by atoms with Gasteiger partial charge in [0.1, 0.15) is 5.82 Å². The van der Waals surface area contributed by atoms with Crippen molar-refractivity contribution >= 4 is 33.8 Å². The molecule has 1 unspecified atom stereocenters. The zero-order valence-corrected chi connectivity index (χ0v) is 19.0. The van der Waals surface area contributed by atoms with Crippen LogP contribution in [0.3, 0.4) is 0 Å². The maximum absolute atomic E-state index is 12.7. The Kier molecular flexibility index (Phi) is 7.05. The number of morpholine rings is 1. The number of hydrogen-bond donors (Lipinski definition) is 1. The SMILES string of the molecule is CCOC(=O)c1cc(C(C)N[S@@](=O)C(C)(C)C)c2nc(N3CCOCC3)cnc2c1. The van der Waals surface area contributed by atoms with E-state index in [1.807, 2.05) is 27.7 Å². The average Bonchev–Trinajstić information content (AvgIpc) is 2.72. The fraction of sp³-hybridized carbons (Fsp3) is 0.571. The van der Waals surface area contributed by atoms with Crippen LogP contribution in [-0.4, -0.2) is 57.8 Å². The second-order valence-corrected chi connectivity index (χ2v) is 10.2. The van der Waals surface area contributed by atoms with Crippen LogP contribution in [0.5, 0.6) is 0 Å². The van der Waals surface area contributed by atoms with Crippen LogP contribution >= 0.6 is 0 Å². The van der Waals surface area contributed by atoms with E-state index in [1.54, 1.807) is 25.3 Å². The Labute approximate surface area is 179 Å². The molecule has 3 rings (SSSR count). The van der Waals surface area contributed by atoms with Crippen LogP contribution in [-0.2, 0) is 20.5 Å². The van der Waals surface area contributed by atoms with E-state index in [0.717, 1.165) is 24.5 Å². The van der Waals surface area contributed by atoms with E-state index in [0.29, 0.717) is 29.8 Å². The van der Waals surface area contributed by atoms with E-state index < -0.39 is 21.7 Å². The molecule has 0 spiro atoms. The molecule has 0 amide bonds. The summed E-state index contributed by atoms with van der Waals surface area (Å²) in [5.74, 6) is 0.351. The minimum absolute atomic E-state index is 0.287. The molecule has 1 fully saturated rings. The number of carbonyl (C=O) groups excluding carboxylic acids is 1. The molecule has 2 aromatic rings. The number of aromatic nitrogens is 2. The summed E-state index contributed by atoms with van der Waals surface area (Å²) in [4.78, 5) is 23.9. The third-order valence-electron chi connectivity index (χ3n) is 4.82. The van der Waals surface area contributed by atoms with Crippen molar-refractivity contribution in [3.05, 3.63) is 29.5 Å². The lowest BCUT2D eigenvalue weighted by Crippen LogP contribution is -2.37. The lowest BCUT2D eigenvalue weighted by Gasteiger charge is -2.28. The first-order valence-corrected chi connectivity index (χ1v) is 11.3. The second kappa shape index (κ2) is 9.36. The van der Waals surface area contributed by atoms with E-state index in [2.05, 4.69) is 14.6 Å². The summed E-state index contributed by atoms with van der Waals surface area (Å²) < 4.78 is 26.0. The molecular weight excluding hydrogens is 404 g/mol. The highest BCUT2D eigenvalue weighted by molar-refractivity contribution is 7.84. The fourth-order valence-corrected chi connectivity index (χ4v) is 3.94. The highest BCUT2D eigenvalue weighted by Gasteiger charge is 2.24. The van der Waals surface area contributed by atoms with Crippen LogP contribution in [0.1, 0.15) is 56.6 Å². The predicted molar refractivity (Wildman–Crippen MR) is 118 cm³/mol. The maximum atomic E-state index is 12.7. The van der Waals surface area contributed by atoms with Gasteiger partial charge in [0.05, 0.1) is 58.3 Å². The quantitative estimate of drug-likeness (QED) is 0.699. The zero-order valence-electron chi connectivity index (χ0n) is 18.2.